The van der Waals surface area contributed by atoms with E-state index < -0.39 is 0 Å². The average molecular weight is 369 g/mol. The summed E-state index contributed by atoms with van der Waals surface area (Å²) in [7, 11) is 1.88. The molecule has 136 valence electrons. The standard InChI is InChI=1S/C18H32N4S2/c1-3-20-16(24)22-12-18-9-13-6-14(10-18)8-17(7-13,11-18)4-5-21-15(23)19-2/h13-14H,3-12H2,1-2H3,(H2,19,21,23)(H2,20,22,24)/t13-,14+,17?,18?. The molecule has 4 bridgehead atoms. The summed E-state index contributed by atoms with van der Waals surface area (Å²) in [4.78, 5) is 0. The van der Waals surface area contributed by atoms with Crippen LogP contribution in [0.3, 0.4) is 0 Å². The van der Waals surface area contributed by atoms with Crippen LogP contribution >= 0.6 is 24.4 Å². The monoisotopic (exact) mass is 368 g/mol. The van der Waals surface area contributed by atoms with Crippen molar-refractivity contribution in [3.05, 3.63) is 0 Å². The topological polar surface area (TPSA) is 48.1 Å². The van der Waals surface area contributed by atoms with Crippen molar-refractivity contribution in [3.63, 3.8) is 0 Å². The minimum absolute atomic E-state index is 0.465. The number of thiocarbonyl (C=S) groups is 2. The maximum atomic E-state index is 5.39. The Labute approximate surface area is 157 Å². The van der Waals surface area contributed by atoms with Gasteiger partial charge in [-0.15, -0.1) is 0 Å². The summed E-state index contributed by atoms with van der Waals surface area (Å²) in [5.41, 5.74) is 0.995. The first kappa shape index (κ1) is 18.2. The molecule has 0 radical (unpaired) electrons. The van der Waals surface area contributed by atoms with Crippen LogP contribution in [0.5, 0.6) is 0 Å². The van der Waals surface area contributed by atoms with Gasteiger partial charge in [0.05, 0.1) is 0 Å². The Morgan fingerprint density at radius 2 is 1.62 bits per heavy atom. The van der Waals surface area contributed by atoms with E-state index in [1.54, 1.807) is 0 Å². The first-order chi connectivity index (χ1) is 11.5. The Morgan fingerprint density at radius 3 is 2.25 bits per heavy atom. The SMILES string of the molecule is CCNC(=S)NCC12C[C@@H]3C[C@@H](CC(CCNC(=S)NC)(C3)C1)C2. The van der Waals surface area contributed by atoms with Crippen LogP contribution in [0.25, 0.3) is 0 Å². The van der Waals surface area contributed by atoms with Gasteiger partial charge in [0.25, 0.3) is 0 Å². The van der Waals surface area contributed by atoms with Gasteiger partial charge in [-0.2, -0.15) is 0 Å². The Hall–Kier alpha value is -0.620. The summed E-state index contributed by atoms with van der Waals surface area (Å²) in [6, 6.07) is 0. The van der Waals surface area contributed by atoms with E-state index in [1.807, 2.05) is 7.05 Å². The third-order valence-electron chi connectivity index (χ3n) is 6.43. The van der Waals surface area contributed by atoms with E-state index in [0.29, 0.717) is 10.8 Å². The molecule has 6 heteroatoms. The molecule has 0 spiro atoms. The van der Waals surface area contributed by atoms with E-state index in [9.17, 15) is 0 Å². The van der Waals surface area contributed by atoms with Gasteiger partial charge >= 0.3 is 0 Å². The van der Waals surface area contributed by atoms with Crippen molar-refractivity contribution in [1.29, 1.82) is 0 Å². The van der Waals surface area contributed by atoms with Crippen LogP contribution in [0, 0.1) is 22.7 Å². The minimum atomic E-state index is 0.465. The molecule has 4 nitrogen and oxygen atoms in total. The molecular weight excluding hydrogens is 336 g/mol. The molecule has 0 saturated heterocycles. The van der Waals surface area contributed by atoms with Gasteiger partial charge in [-0.05, 0) is 99.0 Å². The van der Waals surface area contributed by atoms with Crippen LogP contribution < -0.4 is 21.3 Å². The molecule has 0 heterocycles. The molecule has 2 unspecified atom stereocenters. The average Bonchev–Trinajstić information content (AvgIpc) is 2.52. The van der Waals surface area contributed by atoms with E-state index >= 15 is 0 Å². The smallest absolute Gasteiger partial charge is 0.166 e. The van der Waals surface area contributed by atoms with E-state index in [1.165, 1.54) is 44.9 Å². The minimum Gasteiger partial charge on any atom is -0.366 e. The second kappa shape index (κ2) is 7.32. The van der Waals surface area contributed by atoms with Crippen molar-refractivity contribution in [2.75, 3.05) is 26.7 Å². The summed E-state index contributed by atoms with van der Waals surface area (Å²) in [5.74, 6) is 1.86. The molecule has 0 aromatic heterocycles. The molecule has 4 fully saturated rings. The van der Waals surface area contributed by atoms with Crippen LogP contribution in [0.2, 0.25) is 0 Å². The molecule has 4 aliphatic rings. The summed E-state index contributed by atoms with van der Waals surface area (Å²) in [6.45, 7) is 5.04. The predicted octanol–water partition coefficient (Wildman–Crippen LogP) is 2.54. The van der Waals surface area contributed by atoms with Gasteiger partial charge in [0.15, 0.2) is 10.2 Å². The van der Waals surface area contributed by atoms with Gasteiger partial charge < -0.3 is 21.3 Å². The van der Waals surface area contributed by atoms with E-state index in [2.05, 4.69) is 28.2 Å². The van der Waals surface area contributed by atoms with Crippen LogP contribution in [0.15, 0.2) is 0 Å². The molecule has 4 aliphatic carbocycles. The second-order valence-corrected chi connectivity index (χ2v) is 9.25. The second-order valence-electron chi connectivity index (χ2n) is 8.43. The van der Waals surface area contributed by atoms with Gasteiger partial charge in [0.2, 0.25) is 0 Å². The van der Waals surface area contributed by atoms with Crippen LogP contribution in [0.1, 0.15) is 51.9 Å². The number of nitrogens with one attached hydrogen (secondary N) is 4. The van der Waals surface area contributed by atoms with Crippen LogP contribution in [-0.4, -0.2) is 36.9 Å². The Morgan fingerprint density at radius 1 is 0.958 bits per heavy atom. The lowest BCUT2D eigenvalue weighted by Crippen LogP contribution is -2.56. The molecule has 4 rings (SSSR count). The van der Waals surface area contributed by atoms with Crippen LogP contribution in [-0.2, 0) is 0 Å². The van der Waals surface area contributed by atoms with E-state index in [-0.39, 0.29) is 0 Å². The lowest BCUT2D eigenvalue weighted by atomic mass is 9.43. The first-order valence-electron chi connectivity index (χ1n) is 9.45. The zero-order chi connectivity index (χ0) is 17.2. The molecular formula is C18H32N4S2. The number of hydrogen-bond acceptors (Lipinski definition) is 2. The highest BCUT2D eigenvalue weighted by Crippen LogP contribution is 2.66. The Kier molecular flexibility index (Phi) is 5.55. The van der Waals surface area contributed by atoms with Crippen molar-refractivity contribution in [3.8, 4) is 0 Å². The van der Waals surface area contributed by atoms with Crippen molar-refractivity contribution < 1.29 is 0 Å². The van der Waals surface area contributed by atoms with Gasteiger partial charge in [-0.25, -0.2) is 0 Å². The maximum absolute atomic E-state index is 5.39. The van der Waals surface area contributed by atoms with Crippen molar-refractivity contribution in [1.82, 2.24) is 21.3 Å². The third-order valence-corrected chi connectivity index (χ3v) is 7.07. The van der Waals surface area contributed by atoms with E-state index in [4.69, 9.17) is 24.4 Å². The predicted molar refractivity (Wildman–Crippen MR) is 108 cm³/mol. The van der Waals surface area contributed by atoms with Gasteiger partial charge in [0.1, 0.15) is 0 Å². The zero-order valence-corrected chi connectivity index (χ0v) is 16.7. The fraction of sp³-hybridized carbons (Fsp3) is 0.889. The molecule has 0 aliphatic heterocycles. The molecule has 4 atom stereocenters. The molecule has 0 amide bonds. The number of hydrogen-bond donors (Lipinski definition) is 4. The Balaban J connectivity index is 1.61. The highest BCUT2D eigenvalue weighted by Gasteiger charge is 2.57. The fourth-order valence-corrected chi connectivity index (χ4v) is 6.49. The van der Waals surface area contributed by atoms with Crippen molar-refractivity contribution in [2.24, 2.45) is 22.7 Å². The Bertz CT molecular complexity index is 479. The quantitative estimate of drug-likeness (QED) is 0.541. The first-order valence-corrected chi connectivity index (χ1v) is 10.3. The lowest BCUT2D eigenvalue weighted by molar-refractivity contribution is -0.110. The van der Waals surface area contributed by atoms with Gasteiger partial charge in [-0.3, -0.25) is 0 Å². The van der Waals surface area contributed by atoms with Crippen LogP contribution in [0.4, 0.5) is 0 Å². The number of rotatable bonds is 6. The highest BCUT2D eigenvalue weighted by atomic mass is 32.1. The largest absolute Gasteiger partial charge is 0.366 e. The molecule has 24 heavy (non-hydrogen) atoms. The van der Waals surface area contributed by atoms with E-state index in [0.717, 1.165) is 41.7 Å². The summed E-state index contributed by atoms with van der Waals surface area (Å²) < 4.78 is 0. The van der Waals surface area contributed by atoms with Crippen molar-refractivity contribution in [2.45, 2.75) is 51.9 Å². The molecule has 0 aromatic carbocycles. The lowest BCUT2D eigenvalue weighted by Gasteiger charge is -2.62. The summed E-state index contributed by atoms with van der Waals surface area (Å²) >= 11 is 10.6. The molecule has 4 saturated carbocycles. The summed E-state index contributed by atoms with van der Waals surface area (Å²) in [5, 5.41) is 14.7. The fourth-order valence-electron chi connectivity index (χ4n) is 6.17. The normalized spacial score (nSPS) is 36.2. The van der Waals surface area contributed by atoms with Crippen molar-refractivity contribution >= 4 is 34.7 Å². The third kappa shape index (κ3) is 3.96. The highest BCUT2D eigenvalue weighted by molar-refractivity contribution is 7.80. The molecule has 0 aromatic rings. The van der Waals surface area contributed by atoms with Gasteiger partial charge in [0, 0.05) is 26.7 Å². The zero-order valence-electron chi connectivity index (χ0n) is 15.0. The summed E-state index contributed by atoms with van der Waals surface area (Å²) in [6.07, 6.45) is 9.73. The molecule has 4 N–H and O–H groups in total. The maximum Gasteiger partial charge on any atom is 0.166 e. The van der Waals surface area contributed by atoms with Gasteiger partial charge in [-0.1, -0.05) is 0 Å².